The van der Waals surface area contributed by atoms with Crippen molar-refractivity contribution in [1.29, 1.82) is 0 Å². The molecule has 1 heterocycles. The molecule has 1 aromatic rings. The van der Waals surface area contributed by atoms with Crippen LogP contribution in [0, 0.1) is 5.82 Å². The minimum absolute atomic E-state index is 0.0257. The van der Waals surface area contributed by atoms with E-state index in [4.69, 9.17) is 0 Å². The molecule has 3 N–H and O–H groups in total. The smallest absolute Gasteiger partial charge is 0.237 e. The van der Waals surface area contributed by atoms with Crippen LogP contribution in [0.15, 0.2) is 24.3 Å². The summed E-state index contributed by atoms with van der Waals surface area (Å²) in [5.41, 5.74) is 0.206. The van der Waals surface area contributed by atoms with Crippen molar-refractivity contribution in [1.82, 2.24) is 10.6 Å². The lowest BCUT2D eigenvalue weighted by atomic mass is 10.1. The predicted molar refractivity (Wildman–Crippen MR) is 65.4 cm³/mol. The third-order valence-corrected chi connectivity index (χ3v) is 3.11. The van der Waals surface area contributed by atoms with Crippen LogP contribution in [0.3, 0.4) is 0 Å². The average Bonchev–Trinajstić information content (AvgIpc) is 2.90. The van der Waals surface area contributed by atoms with Crippen LogP contribution in [0.4, 0.5) is 4.39 Å². The monoisotopic (exact) mass is 252 g/mol. The second-order valence-electron chi connectivity index (χ2n) is 4.43. The van der Waals surface area contributed by atoms with Crippen molar-refractivity contribution < 1.29 is 14.3 Å². The minimum atomic E-state index is -1.02. The zero-order chi connectivity index (χ0) is 13.0. The van der Waals surface area contributed by atoms with Crippen LogP contribution in [0.1, 0.15) is 24.5 Å². The van der Waals surface area contributed by atoms with Crippen LogP contribution in [0.2, 0.25) is 0 Å². The molecular formula is C13H17FN2O2. The van der Waals surface area contributed by atoms with E-state index < -0.39 is 11.9 Å². The quantitative estimate of drug-likeness (QED) is 0.740. The Kier molecular flexibility index (Phi) is 4.28. The van der Waals surface area contributed by atoms with Crippen molar-refractivity contribution in [3.63, 3.8) is 0 Å². The first-order chi connectivity index (χ1) is 8.68. The number of nitrogens with one attached hydrogen (secondary N) is 2. The molecule has 0 spiro atoms. The summed E-state index contributed by atoms with van der Waals surface area (Å²) in [5, 5.41) is 15.5. The molecule has 1 amide bonds. The van der Waals surface area contributed by atoms with E-state index in [1.54, 1.807) is 12.1 Å². The topological polar surface area (TPSA) is 61.4 Å². The second kappa shape index (κ2) is 5.93. The zero-order valence-corrected chi connectivity index (χ0v) is 10.0. The summed E-state index contributed by atoms with van der Waals surface area (Å²) in [6, 6.07) is 5.84. The molecule has 0 bridgehead atoms. The lowest BCUT2D eigenvalue weighted by Gasteiger charge is -2.15. The second-order valence-corrected chi connectivity index (χ2v) is 4.43. The number of rotatable bonds is 4. The highest BCUT2D eigenvalue weighted by Crippen LogP contribution is 2.15. The normalized spacial score (nSPS) is 20.7. The largest absolute Gasteiger partial charge is 0.386 e. The SMILES string of the molecule is O=C(NCC(O)c1ccccc1F)C1CCCN1. The molecule has 2 rings (SSSR count). The highest BCUT2D eigenvalue weighted by atomic mass is 19.1. The minimum Gasteiger partial charge on any atom is -0.386 e. The molecule has 4 nitrogen and oxygen atoms in total. The summed E-state index contributed by atoms with van der Waals surface area (Å²) in [6.07, 6.45) is 0.770. The van der Waals surface area contributed by atoms with Gasteiger partial charge in [0, 0.05) is 12.1 Å². The molecule has 0 aliphatic carbocycles. The summed E-state index contributed by atoms with van der Waals surface area (Å²) in [6.45, 7) is 0.867. The third-order valence-electron chi connectivity index (χ3n) is 3.11. The highest BCUT2D eigenvalue weighted by Gasteiger charge is 2.22. The van der Waals surface area contributed by atoms with Gasteiger partial charge in [0.1, 0.15) is 5.82 Å². The van der Waals surface area contributed by atoms with Gasteiger partial charge in [-0.3, -0.25) is 4.79 Å². The molecule has 18 heavy (non-hydrogen) atoms. The first kappa shape index (κ1) is 13.0. The lowest BCUT2D eigenvalue weighted by Crippen LogP contribution is -2.41. The fourth-order valence-electron chi connectivity index (χ4n) is 2.08. The van der Waals surface area contributed by atoms with E-state index in [9.17, 15) is 14.3 Å². The number of aliphatic hydroxyl groups is 1. The van der Waals surface area contributed by atoms with Gasteiger partial charge in [0.2, 0.25) is 5.91 Å². The summed E-state index contributed by atoms with van der Waals surface area (Å²) in [4.78, 5) is 11.7. The molecule has 2 atom stereocenters. The number of carbonyl (C=O) groups excluding carboxylic acids is 1. The van der Waals surface area contributed by atoms with Gasteiger partial charge in [-0.25, -0.2) is 4.39 Å². The van der Waals surface area contributed by atoms with Gasteiger partial charge in [-0.05, 0) is 25.5 Å². The number of benzene rings is 1. The van der Waals surface area contributed by atoms with Crippen LogP contribution in [0.5, 0.6) is 0 Å². The van der Waals surface area contributed by atoms with E-state index in [2.05, 4.69) is 10.6 Å². The summed E-state index contributed by atoms with van der Waals surface area (Å²) in [5.74, 6) is -0.596. The number of amides is 1. The van der Waals surface area contributed by atoms with Crippen LogP contribution in [-0.2, 0) is 4.79 Å². The molecule has 0 saturated carbocycles. The zero-order valence-electron chi connectivity index (χ0n) is 10.0. The molecule has 2 unspecified atom stereocenters. The van der Waals surface area contributed by atoms with Crippen LogP contribution in [-0.4, -0.2) is 30.1 Å². The average molecular weight is 252 g/mol. The third kappa shape index (κ3) is 3.05. The Labute approximate surface area is 105 Å². The van der Waals surface area contributed by atoms with Crippen molar-refractivity contribution in [3.8, 4) is 0 Å². The Morgan fingerprint density at radius 2 is 2.33 bits per heavy atom. The van der Waals surface area contributed by atoms with E-state index in [1.807, 2.05) is 0 Å². The first-order valence-corrected chi connectivity index (χ1v) is 6.12. The molecule has 1 fully saturated rings. The number of hydrogen-bond donors (Lipinski definition) is 3. The highest BCUT2D eigenvalue weighted by molar-refractivity contribution is 5.82. The molecule has 0 radical (unpaired) electrons. The van der Waals surface area contributed by atoms with Gasteiger partial charge in [0.25, 0.3) is 0 Å². The maximum absolute atomic E-state index is 13.4. The van der Waals surface area contributed by atoms with Crippen molar-refractivity contribution >= 4 is 5.91 Å². The standard InChI is InChI=1S/C13H17FN2O2/c14-10-5-2-1-4-9(10)12(17)8-16-13(18)11-6-3-7-15-11/h1-2,4-5,11-12,15,17H,3,6-8H2,(H,16,18). The van der Waals surface area contributed by atoms with Crippen molar-refractivity contribution in [2.45, 2.75) is 25.0 Å². The summed E-state index contributed by atoms with van der Waals surface area (Å²) in [7, 11) is 0. The van der Waals surface area contributed by atoms with E-state index in [0.29, 0.717) is 0 Å². The lowest BCUT2D eigenvalue weighted by molar-refractivity contribution is -0.123. The van der Waals surface area contributed by atoms with Gasteiger partial charge in [-0.1, -0.05) is 18.2 Å². The van der Waals surface area contributed by atoms with Crippen LogP contribution in [0.25, 0.3) is 0 Å². The number of aliphatic hydroxyl groups excluding tert-OH is 1. The van der Waals surface area contributed by atoms with Gasteiger partial charge in [0.15, 0.2) is 0 Å². The fourth-order valence-corrected chi connectivity index (χ4v) is 2.08. The Morgan fingerprint density at radius 1 is 1.56 bits per heavy atom. The van der Waals surface area contributed by atoms with Gasteiger partial charge >= 0.3 is 0 Å². The molecule has 1 aliphatic rings. The molecule has 1 aliphatic heterocycles. The number of halogens is 1. The van der Waals surface area contributed by atoms with Gasteiger partial charge < -0.3 is 15.7 Å². The van der Waals surface area contributed by atoms with Crippen molar-refractivity contribution in [3.05, 3.63) is 35.6 Å². The Balaban J connectivity index is 1.86. The summed E-state index contributed by atoms with van der Waals surface area (Å²) >= 11 is 0. The molecule has 98 valence electrons. The molecular weight excluding hydrogens is 235 g/mol. The molecule has 0 aromatic heterocycles. The van der Waals surface area contributed by atoms with E-state index in [-0.39, 0.29) is 24.1 Å². The van der Waals surface area contributed by atoms with Gasteiger partial charge in [-0.2, -0.15) is 0 Å². The maximum atomic E-state index is 13.4. The Bertz CT molecular complexity index is 419. The maximum Gasteiger partial charge on any atom is 0.237 e. The fraction of sp³-hybridized carbons (Fsp3) is 0.462. The van der Waals surface area contributed by atoms with Gasteiger partial charge in [-0.15, -0.1) is 0 Å². The van der Waals surface area contributed by atoms with Gasteiger partial charge in [0.05, 0.1) is 12.1 Å². The molecule has 5 heteroatoms. The van der Waals surface area contributed by atoms with Crippen molar-refractivity contribution in [2.24, 2.45) is 0 Å². The Morgan fingerprint density at radius 3 is 3.00 bits per heavy atom. The number of hydrogen-bond acceptors (Lipinski definition) is 3. The Hall–Kier alpha value is -1.46. The van der Waals surface area contributed by atoms with Crippen LogP contribution < -0.4 is 10.6 Å². The predicted octanol–water partition coefficient (Wildman–Crippen LogP) is 0.727. The molecule has 1 aromatic carbocycles. The van der Waals surface area contributed by atoms with E-state index >= 15 is 0 Å². The first-order valence-electron chi connectivity index (χ1n) is 6.12. The van der Waals surface area contributed by atoms with E-state index in [1.165, 1.54) is 12.1 Å². The molecule has 1 saturated heterocycles. The van der Waals surface area contributed by atoms with Crippen molar-refractivity contribution in [2.75, 3.05) is 13.1 Å². The van der Waals surface area contributed by atoms with Crippen LogP contribution >= 0.6 is 0 Å². The van der Waals surface area contributed by atoms with E-state index in [0.717, 1.165) is 19.4 Å². The summed E-state index contributed by atoms with van der Waals surface area (Å²) < 4.78 is 13.4. The number of carbonyl (C=O) groups is 1.